The average molecular weight is 296 g/mol. The van der Waals surface area contributed by atoms with E-state index in [1.54, 1.807) is 0 Å². The third-order valence-electron chi connectivity index (χ3n) is 4.95. The summed E-state index contributed by atoms with van der Waals surface area (Å²) in [4.78, 5) is 16.1. The maximum absolute atomic E-state index is 11.4. The number of hydrogen-bond donors (Lipinski definition) is 1. The number of benzene rings is 1. The zero-order chi connectivity index (χ0) is 15.1. The standard InChI is InChI=1S/C18H20N2O2/c21-18(22)15-6-3-9-20-11-16(19-17(15)20)14-8-7-12-4-1-2-5-13(12)10-14/h7-8,10-11,15H,1-6,9H2,(H,21,22). The van der Waals surface area contributed by atoms with Crippen LogP contribution in [0.2, 0.25) is 0 Å². The Morgan fingerprint density at radius 1 is 1.18 bits per heavy atom. The van der Waals surface area contributed by atoms with E-state index in [9.17, 15) is 9.90 Å². The van der Waals surface area contributed by atoms with Gasteiger partial charge >= 0.3 is 5.97 Å². The van der Waals surface area contributed by atoms with Gasteiger partial charge in [-0.2, -0.15) is 0 Å². The van der Waals surface area contributed by atoms with Gasteiger partial charge in [0, 0.05) is 18.3 Å². The number of aryl methyl sites for hydroxylation is 3. The van der Waals surface area contributed by atoms with Gasteiger partial charge in [-0.3, -0.25) is 4.79 Å². The molecule has 1 aliphatic heterocycles. The number of nitrogens with zero attached hydrogens (tertiary/aromatic N) is 2. The SMILES string of the molecule is O=C(O)C1CCCn2cc(-c3ccc4c(c3)CCCC4)nc21. The monoisotopic (exact) mass is 296 g/mol. The lowest BCUT2D eigenvalue weighted by molar-refractivity contribution is -0.139. The zero-order valence-electron chi connectivity index (χ0n) is 12.6. The number of imidazole rings is 1. The quantitative estimate of drug-likeness (QED) is 0.924. The summed E-state index contributed by atoms with van der Waals surface area (Å²) in [6.45, 7) is 0.872. The molecule has 4 rings (SSSR count). The van der Waals surface area contributed by atoms with Crippen molar-refractivity contribution in [2.24, 2.45) is 0 Å². The third kappa shape index (κ3) is 2.23. The normalized spacial score (nSPS) is 20.3. The predicted octanol–water partition coefficient (Wildman–Crippen LogP) is 3.39. The highest BCUT2D eigenvalue weighted by Crippen LogP contribution is 2.32. The molecule has 0 amide bonds. The van der Waals surface area contributed by atoms with Crippen LogP contribution in [0.25, 0.3) is 11.3 Å². The van der Waals surface area contributed by atoms with E-state index in [0.717, 1.165) is 30.6 Å². The lowest BCUT2D eigenvalue weighted by Gasteiger charge is -2.19. The molecule has 0 saturated carbocycles. The number of rotatable bonds is 2. The third-order valence-corrected chi connectivity index (χ3v) is 4.95. The van der Waals surface area contributed by atoms with Crippen molar-refractivity contribution in [2.45, 2.75) is 51.0 Å². The molecule has 2 aliphatic rings. The second-order valence-electron chi connectivity index (χ2n) is 6.40. The molecule has 1 atom stereocenters. The summed E-state index contributed by atoms with van der Waals surface area (Å²) in [6.07, 6.45) is 8.49. The van der Waals surface area contributed by atoms with Crippen LogP contribution in [0.3, 0.4) is 0 Å². The Balaban J connectivity index is 1.73. The Hall–Kier alpha value is -2.10. The molecule has 4 heteroatoms. The lowest BCUT2D eigenvalue weighted by atomic mass is 9.90. The number of aromatic nitrogens is 2. The summed E-state index contributed by atoms with van der Waals surface area (Å²) >= 11 is 0. The number of fused-ring (bicyclic) bond motifs is 2. The fraction of sp³-hybridized carbons (Fsp3) is 0.444. The van der Waals surface area contributed by atoms with Crippen molar-refractivity contribution in [3.63, 3.8) is 0 Å². The molecule has 0 fully saturated rings. The fourth-order valence-corrected chi connectivity index (χ4v) is 3.75. The number of carboxylic acids is 1. The second-order valence-corrected chi connectivity index (χ2v) is 6.40. The van der Waals surface area contributed by atoms with Crippen LogP contribution < -0.4 is 0 Å². The van der Waals surface area contributed by atoms with Crippen LogP contribution in [-0.2, 0) is 24.2 Å². The predicted molar refractivity (Wildman–Crippen MR) is 83.9 cm³/mol. The highest BCUT2D eigenvalue weighted by atomic mass is 16.4. The molecule has 1 aromatic heterocycles. The molecule has 2 aromatic rings. The van der Waals surface area contributed by atoms with E-state index in [0.29, 0.717) is 12.2 Å². The summed E-state index contributed by atoms with van der Waals surface area (Å²) in [7, 11) is 0. The summed E-state index contributed by atoms with van der Waals surface area (Å²) in [6, 6.07) is 6.60. The highest BCUT2D eigenvalue weighted by molar-refractivity contribution is 5.75. The maximum Gasteiger partial charge on any atom is 0.314 e. The van der Waals surface area contributed by atoms with Gasteiger partial charge in [0.25, 0.3) is 0 Å². The molecule has 1 N–H and O–H groups in total. The summed E-state index contributed by atoms with van der Waals surface area (Å²) in [5.41, 5.74) is 4.93. The van der Waals surface area contributed by atoms with Crippen molar-refractivity contribution in [3.8, 4) is 11.3 Å². The van der Waals surface area contributed by atoms with E-state index in [2.05, 4.69) is 23.2 Å². The molecule has 0 bridgehead atoms. The molecule has 114 valence electrons. The van der Waals surface area contributed by atoms with E-state index in [4.69, 9.17) is 0 Å². The van der Waals surface area contributed by atoms with E-state index in [-0.39, 0.29) is 0 Å². The largest absolute Gasteiger partial charge is 0.481 e. The minimum absolute atomic E-state index is 0.458. The molecule has 2 heterocycles. The molecular weight excluding hydrogens is 276 g/mol. The minimum Gasteiger partial charge on any atom is -0.481 e. The first-order chi connectivity index (χ1) is 10.7. The van der Waals surface area contributed by atoms with Gasteiger partial charge in [-0.1, -0.05) is 12.1 Å². The second kappa shape index (κ2) is 5.27. The van der Waals surface area contributed by atoms with Crippen molar-refractivity contribution in [2.75, 3.05) is 0 Å². The van der Waals surface area contributed by atoms with Crippen LogP contribution in [-0.4, -0.2) is 20.6 Å². The number of carbonyl (C=O) groups is 1. The molecule has 1 aromatic carbocycles. The number of carboxylic acid groups (broad SMARTS) is 1. The number of hydrogen-bond acceptors (Lipinski definition) is 2. The van der Waals surface area contributed by atoms with Gasteiger partial charge in [-0.25, -0.2) is 4.98 Å². The number of aliphatic carboxylic acids is 1. The van der Waals surface area contributed by atoms with Crippen LogP contribution in [0.1, 0.15) is 48.6 Å². The Labute approximate surface area is 129 Å². The van der Waals surface area contributed by atoms with E-state index < -0.39 is 11.9 Å². The van der Waals surface area contributed by atoms with Gasteiger partial charge in [-0.05, 0) is 55.7 Å². The van der Waals surface area contributed by atoms with E-state index in [1.807, 2.05) is 10.8 Å². The zero-order valence-corrected chi connectivity index (χ0v) is 12.6. The van der Waals surface area contributed by atoms with Gasteiger partial charge in [0.2, 0.25) is 0 Å². The minimum atomic E-state index is -0.761. The van der Waals surface area contributed by atoms with Crippen molar-refractivity contribution in [1.29, 1.82) is 0 Å². The van der Waals surface area contributed by atoms with Crippen molar-refractivity contribution >= 4 is 5.97 Å². The lowest BCUT2D eigenvalue weighted by Crippen LogP contribution is -2.21. The van der Waals surface area contributed by atoms with Crippen LogP contribution in [0, 0.1) is 0 Å². The molecule has 1 aliphatic carbocycles. The van der Waals surface area contributed by atoms with Gasteiger partial charge in [0.1, 0.15) is 11.7 Å². The smallest absolute Gasteiger partial charge is 0.314 e. The van der Waals surface area contributed by atoms with Crippen molar-refractivity contribution in [1.82, 2.24) is 9.55 Å². The fourth-order valence-electron chi connectivity index (χ4n) is 3.75. The van der Waals surface area contributed by atoms with Crippen LogP contribution in [0.4, 0.5) is 0 Å². The summed E-state index contributed by atoms with van der Waals surface area (Å²) in [5.74, 6) is -0.505. The van der Waals surface area contributed by atoms with Gasteiger partial charge in [-0.15, -0.1) is 0 Å². The van der Waals surface area contributed by atoms with Gasteiger partial charge < -0.3 is 9.67 Å². The van der Waals surface area contributed by atoms with Gasteiger partial charge in [0.05, 0.1) is 5.69 Å². The Morgan fingerprint density at radius 2 is 2.00 bits per heavy atom. The molecule has 22 heavy (non-hydrogen) atoms. The first kappa shape index (κ1) is 13.6. The Kier molecular flexibility index (Phi) is 3.25. The molecule has 4 nitrogen and oxygen atoms in total. The highest BCUT2D eigenvalue weighted by Gasteiger charge is 2.29. The first-order valence-electron chi connectivity index (χ1n) is 8.14. The molecule has 0 radical (unpaired) electrons. The molecular formula is C18H20N2O2. The van der Waals surface area contributed by atoms with E-state index >= 15 is 0 Å². The topological polar surface area (TPSA) is 55.1 Å². The van der Waals surface area contributed by atoms with Crippen molar-refractivity contribution in [3.05, 3.63) is 41.3 Å². The Morgan fingerprint density at radius 3 is 2.82 bits per heavy atom. The molecule has 0 spiro atoms. The summed E-state index contributed by atoms with van der Waals surface area (Å²) in [5, 5.41) is 9.37. The van der Waals surface area contributed by atoms with Crippen LogP contribution in [0.5, 0.6) is 0 Å². The summed E-state index contributed by atoms with van der Waals surface area (Å²) < 4.78 is 2.02. The van der Waals surface area contributed by atoms with Crippen LogP contribution >= 0.6 is 0 Å². The van der Waals surface area contributed by atoms with E-state index in [1.165, 1.54) is 30.4 Å². The van der Waals surface area contributed by atoms with Crippen LogP contribution in [0.15, 0.2) is 24.4 Å². The van der Waals surface area contributed by atoms with Gasteiger partial charge in [0.15, 0.2) is 0 Å². The Bertz CT molecular complexity index is 733. The van der Waals surface area contributed by atoms with Crippen molar-refractivity contribution < 1.29 is 9.90 Å². The average Bonchev–Trinajstić information content (AvgIpc) is 2.98. The molecule has 1 unspecified atom stereocenters. The first-order valence-corrected chi connectivity index (χ1v) is 8.14. The maximum atomic E-state index is 11.4. The molecule has 0 saturated heterocycles.